The fourth-order valence-corrected chi connectivity index (χ4v) is 4.11. The highest BCUT2D eigenvalue weighted by atomic mass is 16.2. The molecule has 1 aliphatic rings. The average Bonchev–Trinajstić information content (AvgIpc) is 3.46. The molecule has 2 atom stereocenters. The van der Waals surface area contributed by atoms with Gasteiger partial charge < -0.3 is 9.47 Å². The van der Waals surface area contributed by atoms with Gasteiger partial charge in [-0.05, 0) is 42.0 Å². The van der Waals surface area contributed by atoms with Crippen molar-refractivity contribution in [3.8, 4) is 0 Å². The predicted octanol–water partition coefficient (Wildman–Crippen LogP) is 5.47. The van der Waals surface area contributed by atoms with Gasteiger partial charge in [0.15, 0.2) is 0 Å². The van der Waals surface area contributed by atoms with Crippen LogP contribution in [-0.2, 0) is 17.9 Å². The Balaban J connectivity index is 1.46. The van der Waals surface area contributed by atoms with Crippen LogP contribution >= 0.6 is 0 Å². The molecule has 0 N–H and O–H groups in total. The normalized spacial score (nSPS) is 17.8. The summed E-state index contributed by atoms with van der Waals surface area (Å²) in [6.45, 7) is 4.56. The van der Waals surface area contributed by atoms with E-state index in [-0.39, 0.29) is 5.92 Å². The smallest absolute Gasteiger partial charge is 0.226 e. The van der Waals surface area contributed by atoms with E-state index in [1.165, 1.54) is 16.8 Å². The number of unbranched alkanes of at least 4 members (excludes halogenated alkanes) is 1. The van der Waals surface area contributed by atoms with Crippen LogP contribution < -0.4 is 0 Å². The summed E-state index contributed by atoms with van der Waals surface area (Å²) >= 11 is 0. The van der Waals surface area contributed by atoms with Gasteiger partial charge in [0.05, 0.1) is 6.54 Å². The summed E-state index contributed by atoms with van der Waals surface area (Å²) in [4.78, 5) is 15.4. The molecule has 150 valence electrons. The van der Waals surface area contributed by atoms with Gasteiger partial charge in [-0.25, -0.2) is 0 Å². The zero-order chi connectivity index (χ0) is 20.1. The van der Waals surface area contributed by atoms with Crippen LogP contribution in [0.5, 0.6) is 0 Å². The molecule has 0 radical (unpaired) electrons. The summed E-state index contributed by atoms with van der Waals surface area (Å²) in [5.41, 5.74) is 3.78. The Kier molecular flexibility index (Phi) is 6.14. The van der Waals surface area contributed by atoms with E-state index in [0.29, 0.717) is 18.4 Å². The van der Waals surface area contributed by atoms with Crippen molar-refractivity contribution in [2.75, 3.05) is 6.54 Å². The van der Waals surface area contributed by atoms with Crippen LogP contribution in [0.25, 0.3) is 0 Å². The number of carbonyl (C=O) groups excluding carboxylic acids is 1. The second-order valence-electron chi connectivity index (χ2n) is 8.09. The zero-order valence-electron chi connectivity index (χ0n) is 17.2. The summed E-state index contributed by atoms with van der Waals surface area (Å²) in [6.07, 6.45) is 5.25. The Morgan fingerprint density at radius 1 is 1.00 bits per heavy atom. The first-order valence-corrected chi connectivity index (χ1v) is 10.8. The Morgan fingerprint density at radius 2 is 1.72 bits per heavy atom. The van der Waals surface area contributed by atoms with Crippen LogP contribution in [0.3, 0.4) is 0 Å². The molecule has 0 bridgehead atoms. The summed E-state index contributed by atoms with van der Waals surface area (Å²) < 4.78 is 2.27. The number of nitrogens with zero attached hydrogens (tertiary/aromatic N) is 2. The zero-order valence-corrected chi connectivity index (χ0v) is 17.2. The Labute approximate surface area is 174 Å². The lowest BCUT2D eigenvalue weighted by atomic mass is 10.1. The first-order chi connectivity index (χ1) is 14.3. The highest BCUT2D eigenvalue weighted by Gasteiger charge is 2.45. The van der Waals surface area contributed by atoms with Gasteiger partial charge in [0.25, 0.3) is 0 Å². The molecule has 29 heavy (non-hydrogen) atoms. The molecule has 1 saturated carbocycles. The van der Waals surface area contributed by atoms with Crippen LogP contribution in [0.15, 0.2) is 79.0 Å². The maximum absolute atomic E-state index is 13.3. The van der Waals surface area contributed by atoms with Crippen molar-refractivity contribution in [1.29, 1.82) is 0 Å². The molecular weight excluding hydrogens is 356 g/mol. The first-order valence-electron chi connectivity index (χ1n) is 10.8. The average molecular weight is 387 g/mol. The largest absolute Gasteiger partial charge is 0.345 e. The lowest BCUT2D eigenvalue weighted by Crippen LogP contribution is -2.33. The predicted molar refractivity (Wildman–Crippen MR) is 118 cm³/mol. The fourth-order valence-electron chi connectivity index (χ4n) is 4.11. The number of rotatable bonds is 9. The topological polar surface area (TPSA) is 25.2 Å². The van der Waals surface area contributed by atoms with Crippen molar-refractivity contribution in [2.45, 2.75) is 45.2 Å². The summed E-state index contributed by atoms with van der Waals surface area (Å²) in [6, 6.07) is 25.2. The fraction of sp³-hybridized carbons (Fsp3) is 0.346. The molecule has 1 aliphatic carbocycles. The minimum Gasteiger partial charge on any atom is -0.345 e. The number of benzene rings is 2. The lowest BCUT2D eigenvalue weighted by molar-refractivity contribution is -0.133. The van der Waals surface area contributed by atoms with E-state index in [0.717, 1.165) is 32.4 Å². The second kappa shape index (κ2) is 9.13. The molecule has 0 unspecified atom stereocenters. The molecule has 0 saturated heterocycles. The minimum atomic E-state index is 0.145. The number of amides is 1. The van der Waals surface area contributed by atoms with Gasteiger partial charge in [0.1, 0.15) is 0 Å². The third kappa shape index (κ3) is 4.79. The van der Waals surface area contributed by atoms with E-state index in [1.54, 1.807) is 0 Å². The van der Waals surface area contributed by atoms with Crippen LogP contribution in [-0.4, -0.2) is 21.9 Å². The van der Waals surface area contributed by atoms with Gasteiger partial charge in [-0.2, -0.15) is 0 Å². The van der Waals surface area contributed by atoms with Crippen molar-refractivity contribution < 1.29 is 4.79 Å². The number of aromatic nitrogens is 1. The highest BCUT2D eigenvalue weighted by molar-refractivity contribution is 5.83. The summed E-state index contributed by atoms with van der Waals surface area (Å²) in [5.74, 6) is 0.857. The lowest BCUT2D eigenvalue weighted by Gasteiger charge is -2.24. The summed E-state index contributed by atoms with van der Waals surface area (Å²) in [7, 11) is 0. The molecule has 0 aliphatic heterocycles. The highest BCUT2D eigenvalue weighted by Crippen LogP contribution is 2.48. The van der Waals surface area contributed by atoms with Crippen LogP contribution in [0.4, 0.5) is 0 Å². The molecule has 0 spiro atoms. The van der Waals surface area contributed by atoms with Crippen LogP contribution in [0.2, 0.25) is 0 Å². The standard InChI is InChI=1S/C26H30N2O/c1-2-3-16-28(26(29)25-18-24(25)22-13-8-5-9-14-22)20-23-15-10-17-27(23)19-21-11-6-4-7-12-21/h4-15,17,24-25H,2-3,16,18-20H2,1H3/t24-,25+/m1/s1. The summed E-state index contributed by atoms with van der Waals surface area (Å²) in [5, 5.41) is 0. The van der Waals surface area contributed by atoms with Crippen molar-refractivity contribution in [1.82, 2.24) is 9.47 Å². The van der Waals surface area contributed by atoms with E-state index >= 15 is 0 Å². The molecule has 1 heterocycles. The van der Waals surface area contributed by atoms with Crippen LogP contribution in [0, 0.1) is 5.92 Å². The van der Waals surface area contributed by atoms with E-state index in [2.05, 4.69) is 83.3 Å². The number of hydrogen-bond donors (Lipinski definition) is 0. The van der Waals surface area contributed by atoms with E-state index in [9.17, 15) is 4.79 Å². The third-order valence-electron chi connectivity index (χ3n) is 5.90. The van der Waals surface area contributed by atoms with Crippen molar-refractivity contribution >= 4 is 5.91 Å². The van der Waals surface area contributed by atoms with E-state index < -0.39 is 0 Å². The quantitative estimate of drug-likeness (QED) is 0.479. The number of carbonyl (C=O) groups is 1. The van der Waals surface area contributed by atoms with Crippen molar-refractivity contribution in [3.05, 3.63) is 95.8 Å². The molecule has 3 nitrogen and oxygen atoms in total. The monoisotopic (exact) mass is 386 g/mol. The molecule has 2 aromatic carbocycles. The SMILES string of the molecule is CCCCN(Cc1cccn1Cc1ccccc1)C(=O)[C@H]1C[C@@H]1c1ccccc1. The van der Waals surface area contributed by atoms with Gasteiger partial charge in [-0.15, -0.1) is 0 Å². The Morgan fingerprint density at radius 3 is 2.45 bits per heavy atom. The van der Waals surface area contributed by atoms with Gasteiger partial charge in [0.2, 0.25) is 5.91 Å². The maximum Gasteiger partial charge on any atom is 0.226 e. The minimum absolute atomic E-state index is 0.145. The van der Waals surface area contributed by atoms with Crippen molar-refractivity contribution in [3.63, 3.8) is 0 Å². The second-order valence-corrected chi connectivity index (χ2v) is 8.09. The Bertz CT molecular complexity index is 916. The van der Waals surface area contributed by atoms with Gasteiger partial charge >= 0.3 is 0 Å². The van der Waals surface area contributed by atoms with Crippen molar-refractivity contribution in [2.24, 2.45) is 5.92 Å². The van der Waals surface area contributed by atoms with E-state index in [4.69, 9.17) is 0 Å². The van der Waals surface area contributed by atoms with E-state index in [1.807, 2.05) is 12.1 Å². The van der Waals surface area contributed by atoms with Gasteiger partial charge in [0, 0.05) is 30.9 Å². The molecule has 1 aromatic heterocycles. The maximum atomic E-state index is 13.3. The number of hydrogen-bond acceptors (Lipinski definition) is 1. The molecule has 1 fully saturated rings. The van der Waals surface area contributed by atoms with Crippen LogP contribution in [0.1, 0.15) is 48.9 Å². The Hall–Kier alpha value is -2.81. The first kappa shape index (κ1) is 19.5. The molecule has 1 amide bonds. The van der Waals surface area contributed by atoms with Gasteiger partial charge in [-0.1, -0.05) is 74.0 Å². The van der Waals surface area contributed by atoms with Gasteiger partial charge in [-0.3, -0.25) is 4.79 Å². The third-order valence-corrected chi connectivity index (χ3v) is 5.90. The molecule has 3 aromatic rings. The molecule has 4 rings (SSSR count). The molecule has 3 heteroatoms. The molecular formula is C26H30N2O.